The summed E-state index contributed by atoms with van der Waals surface area (Å²) in [4.78, 5) is 26.3. The molecule has 1 N–H and O–H groups in total. The molecule has 0 aromatic heterocycles. The lowest BCUT2D eigenvalue weighted by Crippen LogP contribution is -2.29. The Labute approximate surface area is 170 Å². The average Bonchev–Trinajstić information content (AvgIpc) is 3.43. The molecule has 2 saturated heterocycles. The molecule has 2 aromatic carbocycles. The lowest BCUT2D eigenvalue weighted by molar-refractivity contribution is -0.141. The van der Waals surface area contributed by atoms with Crippen molar-refractivity contribution in [1.82, 2.24) is 4.90 Å². The zero-order chi connectivity index (χ0) is 20.2. The number of nitrogens with zero attached hydrogens (tertiary/aromatic N) is 1. The van der Waals surface area contributed by atoms with E-state index in [0.717, 1.165) is 25.0 Å². The van der Waals surface area contributed by atoms with Crippen molar-refractivity contribution in [3.63, 3.8) is 0 Å². The minimum atomic E-state index is -0.868. The molecule has 0 bridgehead atoms. The molecule has 1 unspecified atom stereocenters. The van der Waals surface area contributed by atoms with Crippen LogP contribution < -0.4 is 4.74 Å². The van der Waals surface area contributed by atoms with Gasteiger partial charge in [0, 0.05) is 31.2 Å². The third-order valence-electron chi connectivity index (χ3n) is 5.71. The molecule has 0 aliphatic carbocycles. The number of carboxylic acid groups (broad SMARTS) is 1. The molecule has 152 valence electrons. The van der Waals surface area contributed by atoms with Crippen LogP contribution in [0, 0.1) is 5.92 Å². The van der Waals surface area contributed by atoms with Crippen LogP contribution in [0.4, 0.5) is 0 Å². The number of ether oxygens (including phenoxy) is 2. The molecule has 0 radical (unpaired) electrons. The molecule has 6 nitrogen and oxygen atoms in total. The first-order valence-corrected chi connectivity index (χ1v) is 10.0. The van der Waals surface area contributed by atoms with Crippen molar-refractivity contribution >= 4 is 11.9 Å². The smallest absolute Gasteiger partial charge is 0.308 e. The van der Waals surface area contributed by atoms with E-state index in [4.69, 9.17) is 9.47 Å². The standard InChI is InChI=1S/C23H25NO5/c25-22(17-8-10-18(11-9-17)29-15-19-7-4-12-28-19)24-13-20(21(14-24)23(26)27)16-5-2-1-3-6-16/h1-3,5-6,8-11,19-21H,4,7,12-15H2,(H,26,27)/t19?,20-,21-/m1/s1. The fourth-order valence-corrected chi connectivity index (χ4v) is 4.10. The van der Waals surface area contributed by atoms with Gasteiger partial charge >= 0.3 is 5.97 Å². The quantitative estimate of drug-likeness (QED) is 0.813. The van der Waals surface area contributed by atoms with Gasteiger partial charge in [-0.1, -0.05) is 30.3 Å². The molecule has 2 heterocycles. The maximum absolute atomic E-state index is 12.9. The Hall–Kier alpha value is -2.86. The molecule has 2 aliphatic heterocycles. The SMILES string of the molecule is O=C(O)[C@@H]1CN(C(=O)c2ccc(OCC3CCCO3)cc2)C[C@@H]1c1ccccc1. The van der Waals surface area contributed by atoms with E-state index in [1.54, 1.807) is 29.2 Å². The van der Waals surface area contributed by atoms with Crippen LogP contribution in [0.5, 0.6) is 5.75 Å². The molecule has 2 fully saturated rings. The van der Waals surface area contributed by atoms with E-state index in [0.29, 0.717) is 24.5 Å². The number of likely N-dealkylation sites (tertiary alicyclic amines) is 1. The van der Waals surface area contributed by atoms with Crippen molar-refractivity contribution in [1.29, 1.82) is 0 Å². The van der Waals surface area contributed by atoms with Crippen LogP contribution in [-0.4, -0.2) is 54.3 Å². The highest BCUT2D eigenvalue weighted by atomic mass is 16.5. The topological polar surface area (TPSA) is 76.1 Å². The van der Waals surface area contributed by atoms with Gasteiger partial charge in [-0.2, -0.15) is 0 Å². The summed E-state index contributed by atoms with van der Waals surface area (Å²) in [6.07, 6.45) is 2.22. The number of hydrogen-bond acceptors (Lipinski definition) is 4. The van der Waals surface area contributed by atoms with Crippen molar-refractivity contribution in [3.8, 4) is 5.75 Å². The third kappa shape index (κ3) is 4.43. The zero-order valence-electron chi connectivity index (χ0n) is 16.2. The van der Waals surface area contributed by atoms with E-state index >= 15 is 0 Å². The summed E-state index contributed by atoms with van der Waals surface area (Å²) in [6, 6.07) is 16.6. The Kier molecular flexibility index (Phi) is 5.81. The first-order valence-electron chi connectivity index (χ1n) is 10.0. The Balaban J connectivity index is 1.41. The first-order chi connectivity index (χ1) is 14.1. The van der Waals surface area contributed by atoms with Crippen molar-refractivity contribution in [2.75, 3.05) is 26.3 Å². The second-order valence-corrected chi connectivity index (χ2v) is 7.64. The summed E-state index contributed by atoms with van der Waals surface area (Å²) < 4.78 is 11.3. The Morgan fingerprint density at radius 3 is 2.48 bits per heavy atom. The summed E-state index contributed by atoms with van der Waals surface area (Å²) in [5.41, 5.74) is 1.49. The molecule has 6 heteroatoms. The van der Waals surface area contributed by atoms with Gasteiger partial charge in [0.05, 0.1) is 12.0 Å². The molecule has 0 spiro atoms. The largest absolute Gasteiger partial charge is 0.491 e. The number of amides is 1. The van der Waals surface area contributed by atoms with Crippen molar-refractivity contribution < 1.29 is 24.2 Å². The summed E-state index contributed by atoms with van der Waals surface area (Å²) in [5, 5.41) is 9.64. The van der Waals surface area contributed by atoms with Crippen LogP contribution in [0.3, 0.4) is 0 Å². The van der Waals surface area contributed by atoms with Gasteiger partial charge in [-0.15, -0.1) is 0 Å². The summed E-state index contributed by atoms with van der Waals surface area (Å²) in [5.74, 6) is -1.13. The van der Waals surface area contributed by atoms with E-state index in [-0.39, 0.29) is 24.5 Å². The molecular weight excluding hydrogens is 370 g/mol. The van der Waals surface area contributed by atoms with Gasteiger partial charge in [0.15, 0.2) is 0 Å². The minimum absolute atomic E-state index is 0.142. The fourth-order valence-electron chi connectivity index (χ4n) is 4.10. The number of rotatable bonds is 6. The highest BCUT2D eigenvalue weighted by Gasteiger charge is 2.40. The normalized spacial score (nSPS) is 23.9. The van der Waals surface area contributed by atoms with E-state index in [1.165, 1.54) is 0 Å². The van der Waals surface area contributed by atoms with Crippen LogP contribution in [0.25, 0.3) is 0 Å². The number of benzene rings is 2. The zero-order valence-corrected chi connectivity index (χ0v) is 16.2. The van der Waals surface area contributed by atoms with Gasteiger partial charge in [-0.25, -0.2) is 0 Å². The minimum Gasteiger partial charge on any atom is -0.491 e. The summed E-state index contributed by atoms with van der Waals surface area (Å²) in [7, 11) is 0. The van der Waals surface area contributed by atoms with Crippen LogP contribution in [-0.2, 0) is 9.53 Å². The number of aliphatic carboxylic acids is 1. The van der Waals surface area contributed by atoms with Gasteiger partial charge in [0.2, 0.25) is 0 Å². The molecule has 3 atom stereocenters. The number of carbonyl (C=O) groups excluding carboxylic acids is 1. The maximum atomic E-state index is 12.9. The summed E-state index contributed by atoms with van der Waals surface area (Å²) in [6.45, 7) is 1.92. The Bertz CT molecular complexity index is 845. The van der Waals surface area contributed by atoms with Gasteiger partial charge in [0.25, 0.3) is 5.91 Å². The number of hydrogen-bond donors (Lipinski definition) is 1. The predicted octanol–water partition coefficient (Wildman–Crippen LogP) is 3.18. The predicted molar refractivity (Wildman–Crippen MR) is 107 cm³/mol. The molecule has 2 aliphatic rings. The van der Waals surface area contributed by atoms with Crippen molar-refractivity contribution in [2.45, 2.75) is 24.9 Å². The third-order valence-corrected chi connectivity index (χ3v) is 5.71. The van der Waals surface area contributed by atoms with Crippen molar-refractivity contribution in [2.24, 2.45) is 5.92 Å². The van der Waals surface area contributed by atoms with E-state index in [9.17, 15) is 14.7 Å². The highest BCUT2D eigenvalue weighted by molar-refractivity contribution is 5.95. The van der Waals surface area contributed by atoms with Crippen LogP contribution in [0.1, 0.15) is 34.7 Å². The van der Waals surface area contributed by atoms with Gasteiger partial charge in [0.1, 0.15) is 12.4 Å². The van der Waals surface area contributed by atoms with Crippen molar-refractivity contribution in [3.05, 3.63) is 65.7 Å². The number of carboxylic acids is 1. The molecule has 29 heavy (non-hydrogen) atoms. The monoisotopic (exact) mass is 395 g/mol. The number of carbonyl (C=O) groups is 2. The fraction of sp³-hybridized carbons (Fsp3) is 0.391. The van der Waals surface area contributed by atoms with E-state index in [1.807, 2.05) is 30.3 Å². The van der Waals surface area contributed by atoms with Gasteiger partial charge < -0.3 is 19.5 Å². The van der Waals surface area contributed by atoms with Gasteiger partial charge in [-0.3, -0.25) is 9.59 Å². The molecule has 0 saturated carbocycles. The molecule has 1 amide bonds. The lowest BCUT2D eigenvalue weighted by atomic mass is 9.89. The van der Waals surface area contributed by atoms with Crippen LogP contribution in [0.15, 0.2) is 54.6 Å². The summed E-state index contributed by atoms with van der Waals surface area (Å²) >= 11 is 0. The average molecular weight is 395 g/mol. The Morgan fingerprint density at radius 2 is 1.83 bits per heavy atom. The molecule has 4 rings (SSSR count). The molecule has 2 aromatic rings. The molecular formula is C23H25NO5. The maximum Gasteiger partial charge on any atom is 0.308 e. The van der Waals surface area contributed by atoms with Crippen LogP contribution >= 0.6 is 0 Å². The first kappa shape index (κ1) is 19.5. The Morgan fingerprint density at radius 1 is 1.07 bits per heavy atom. The van der Waals surface area contributed by atoms with E-state index in [2.05, 4.69) is 0 Å². The van der Waals surface area contributed by atoms with E-state index < -0.39 is 11.9 Å². The lowest BCUT2D eigenvalue weighted by Gasteiger charge is -2.17. The second kappa shape index (κ2) is 8.66. The second-order valence-electron chi connectivity index (χ2n) is 7.64. The highest BCUT2D eigenvalue weighted by Crippen LogP contribution is 2.33. The van der Waals surface area contributed by atoms with Crippen LogP contribution in [0.2, 0.25) is 0 Å². The van der Waals surface area contributed by atoms with Gasteiger partial charge in [-0.05, 0) is 42.7 Å².